The van der Waals surface area contributed by atoms with Crippen LogP contribution in [0.15, 0.2) is 0 Å². The van der Waals surface area contributed by atoms with Crippen LogP contribution >= 0.6 is 0 Å². The molecule has 0 spiro atoms. The van der Waals surface area contributed by atoms with E-state index in [-0.39, 0.29) is 0 Å². The average molecular weight is 396 g/mol. The first-order valence-corrected chi connectivity index (χ1v) is 7.09. The van der Waals surface area contributed by atoms with Crippen LogP contribution in [0.2, 0.25) is 0 Å². The summed E-state index contributed by atoms with van der Waals surface area (Å²) < 4.78 is 91.4. The summed E-state index contributed by atoms with van der Waals surface area (Å²) in [5.41, 5.74) is -8.00. The number of hydrogen-bond donors (Lipinski definition) is 2. The summed E-state index contributed by atoms with van der Waals surface area (Å²) in [5, 5.41) is 18.6. The minimum absolute atomic E-state index is 0.693. The first kappa shape index (κ1) is 22.2. The molecule has 0 heterocycles. The zero-order chi connectivity index (χ0) is 21.1. The molecule has 0 aliphatic heterocycles. The molecule has 0 aromatic rings. The Morgan fingerprint density at radius 3 is 1.50 bits per heavy atom. The molecule has 1 saturated carbocycles. The Kier molecular flexibility index (Phi) is 4.74. The molecule has 0 unspecified atom stereocenters. The third kappa shape index (κ3) is 2.33. The van der Waals surface area contributed by atoms with Crippen molar-refractivity contribution in [2.24, 2.45) is 16.2 Å². The molecule has 0 bridgehead atoms. The van der Waals surface area contributed by atoms with E-state index in [1.807, 2.05) is 0 Å². The molecule has 0 amide bonds. The number of rotatable bonds is 5. The minimum atomic E-state index is -6.84. The highest BCUT2D eigenvalue weighted by Crippen LogP contribution is 2.65. The summed E-state index contributed by atoms with van der Waals surface area (Å²) in [6, 6.07) is 0. The Balaban J connectivity index is 3.70. The molecule has 5 nitrogen and oxygen atoms in total. The lowest BCUT2D eigenvalue weighted by molar-refractivity contribution is -0.345. The highest BCUT2D eigenvalue weighted by Gasteiger charge is 2.82. The van der Waals surface area contributed by atoms with Gasteiger partial charge in [-0.15, -0.1) is 0 Å². The summed E-state index contributed by atoms with van der Waals surface area (Å²) in [7, 11) is 0. The number of halogens is 7. The first-order chi connectivity index (χ1) is 11.2. The van der Waals surface area contributed by atoms with Crippen LogP contribution in [0.4, 0.5) is 30.7 Å². The normalized spacial score (nSPS) is 29.5. The van der Waals surface area contributed by atoms with Gasteiger partial charge in [-0.3, -0.25) is 14.4 Å². The SMILES string of the molecule is CC1(C)[C@](C(=O)O)(C(=O)C(F)(F)C(F)(F)C(F)(F)F)CC[C@@]1(C)C(=O)O. The molecule has 1 fully saturated rings. The second-order valence-electron chi connectivity index (χ2n) is 6.95. The predicted molar refractivity (Wildman–Crippen MR) is 69.8 cm³/mol. The van der Waals surface area contributed by atoms with Crippen LogP contribution in [0.3, 0.4) is 0 Å². The van der Waals surface area contributed by atoms with E-state index >= 15 is 0 Å². The van der Waals surface area contributed by atoms with Gasteiger partial charge >= 0.3 is 30.0 Å². The second kappa shape index (κ2) is 5.56. The molecule has 0 radical (unpaired) electrons. The third-order valence-corrected chi connectivity index (χ3v) is 5.71. The van der Waals surface area contributed by atoms with E-state index in [4.69, 9.17) is 0 Å². The lowest BCUT2D eigenvalue weighted by Crippen LogP contribution is -2.64. The van der Waals surface area contributed by atoms with Crippen molar-refractivity contribution in [1.29, 1.82) is 0 Å². The summed E-state index contributed by atoms with van der Waals surface area (Å²) in [6.07, 6.45) is -8.66. The molecule has 12 heteroatoms. The number of alkyl halides is 7. The molecule has 1 rings (SSSR count). The van der Waals surface area contributed by atoms with Crippen LogP contribution < -0.4 is 0 Å². The van der Waals surface area contributed by atoms with Crippen LogP contribution in [0.25, 0.3) is 0 Å². The standard InChI is InChI=1S/C14H15F7O5/c1-9(2)10(3,7(23)24)4-5-11(9,8(25)26)6(22)12(15,16)13(17,18)14(19,20)21/h4-5H2,1-3H3,(H,23,24)(H,25,26)/t10-,11-/m0/s1. The Morgan fingerprint density at radius 2 is 1.23 bits per heavy atom. The molecule has 2 N–H and O–H groups in total. The van der Waals surface area contributed by atoms with Crippen molar-refractivity contribution in [3.05, 3.63) is 0 Å². The maximum Gasteiger partial charge on any atom is 0.460 e. The largest absolute Gasteiger partial charge is 0.481 e. The maximum atomic E-state index is 13.9. The molecule has 26 heavy (non-hydrogen) atoms. The van der Waals surface area contributed by atoms with E-state index in [9.17, 15) is 55.3 Å². The van der Waals surface area contributed by atoms with Crippen LogP contribution in [0.1, 0.15) is 33.6 Å². The highest BCUT2D eigenvalue weighted by atomic mass is 19.4. The number of carbonyl (C=O) groups excluding carboxylic acids is 1. The van der Waals surface area contributed by atoms with Crippen LogP contribution in [0, 0.1) is 16.2 Å². The molecular weight excluding hydrogens is 381 g/mol. The summed E-state index contributed by atoms with van der Waals surface area (Å²) in [4.78, 5) is 35.2. The fourth-order valence-electron chi connectivity index (χ4n) is 3.37. The van der Waals surface area contributed by atoms with E-state index in [2.05, 4.69) is 0 Å². The van der Waals surface area contributed by atoms with E-state index < -0.39 is 64.8 Å². The van der Waals surface area contributed by atoms with Gasteiger partial charge in [-0.2, -0.15) is 30.7 Å². The van der Waals surface area contributed by atoms with Crippen molar-refractivity contribution in [2.75, 3.05) is 0 Å². The van der Waals surface area contributed by atoms with Gasteiger partial charge in [-0.1, -0.05) is 13.8 Å². The zero-order valence-electron chi connectivity index (χ0n) is 13.7. The monoisotopic (exact) mass is 396 g/mol. The Labute approximate surface area is 142 Å². The zero-order valence-corrected chi connectivity index (χ0v) is 13.7. The quantitative estimate of drug-likeness (QED) is 0.549. The number of carboxylic acid groups (broad SMARTS) is 2. The van der Waals surface area contributed by atoms with Crippen LogP contribution in [0.5, 0.6) is 0 Å². The van der Waals surface area contributed by atoms with Gasteiger partial charge in [0.15, 0.2) is 0 Å². The predicted octanol–water partition coefficient (Wildman–Crippen LogP) is 3.37. The fraction of sp³-hybridized carbons (Fsp3) is 0.786. The van der Waals surface area contributed by atoms with Gasteiger partial charge in [0.2, 0.25) is 5.78 Å². The molecule has 1 aliphatic rings. The summed E-state index contributed by atoms with van der Waals surface area (Å²) in [6.45, 7) is 2.44. The van der Waals surface area contributed by atoms with Crippen LogP contribution in [-0.2, 0) is 14.4 Å². The molecule has 1 aliphatic carbocycles. The Bertz CT molecular complexity index is 655. The minimum Gasteiger partial charge on any atom is -0.481 e. The lowest BCUT2D eigenvalue weighted by Gasteiger charge is -2.45. The summed E-state index contributed by atoms with van der Waals surface area (Å²) in [5.74, 6) is -20.5. The first-order valence-electron chi connectivity index (χ1n) is 7.09. The van der Waals surface area contributed by atoms with Crippen molar-refractivity contribution >= 4 is 17.7 Å². The number of carboxylic acids is 2. The molecular formula is C14H15F7O5. The smallest absolute Gasteiger partial charge is 0.460 e. The van der Waals surface area contributed by atoms with Crippen molar-refractivity contribution in [2.45, 2.75) is 51.6 Å². The van der Waals surface area contributed by atoms with Gasteiger partial charge in [0.05, 0.1) is 5.41 Å². The Hall–Kier alpha value is -1.88. The summed E-state index contributed by atoms with van der Waals surface area (Å²) >= 11 is 0. The van der Waals surface area contributed by atoms with Gasteiger partial charge in [-0.25, -0.2) is 0 Å². The van der Waals surface area contributed by atoms with Gasteiger partial charge in [0, 0.05) is 5.41 Å². The lowest BCUT2D eigenvalue weighted by atomic mass is 9.56. The number of carbonyl (C=O) groups is 3. The molecule has 0 aromatic carbocycles. The molecule has 150 valence electrons. The van der Waals surface area contributed by atoms with Crippen molar-refractivity contribution in [3.63, 3.8) is 0 Å². The molecule has 2 atom stereocenters. The van der Waals surface area contributed by atoms with Gasteiger partial charge in [0.1, 0.15) is 5.41 Å². The van der Waals surface area contributed by atoms with Gasteiger partial charge in [-0.05, 0) is 19.8 Å². The van der Waals surface area contributed by atoms with E-state index in [0.29, 0.717) is 0 Å². The fourth-order valence-corrected chi connectivity index (χ4v) is 3.37. The van der Waals surface area contributed by atoms with Gasteiger partial charge < -0.3 is 10.2 Å². The van der Waals surface area contributed by atoms with Crippen LogP contribution in [-0.4, -0.2) is 46.0 Å². The van der Waals surface area contributed by atoms with Crippen molar-refractivity contribution in [1.82, 2.24) is 0 Å². The maximum absolute atomic E-state index is 13.9. The van der Waals surface area contributed by atoms with E-state index in [1.54, 1.807) is 0 Å². The third-order valence-electron chi connectivity index (χ3n) is 5.71. The Morgan fingerprint density at radius 1 is 0.808 bits per heavy atom. The van der Waals surface area contributed by atoms with Crippen molar-refractivity contribution in [3.8, 4) is 0 Å². The van der Waals surface area contributed by atoms with Gasteiger partial charge in [0.25, 0.3) is 0 Å². The molecule has 0 saturated heterocycles. The number of aliphatic carboxylic acids is 2. The average Bonchev–Trinajstić information content (AvgIpc) is 2.66. The number of ketones is 1. The topological polar surface area (TPSA) is 91.7 Å². The van der Waals surface area contributed by atoms with Crippen molar-refractivity contribution < 1.29 is 55.3 Å². The highest BCUT2D eigenvalue weighted by molar-refractivity contribution is 6.09. The molecule has 0 aromatic heterocycles. The van der Waals surface area contributed by atoms with E-state index in [1.165, 1.54) is 0 Å². The number of Topliss-reactive ketones (excluding diaryl/α,β-unsaturated/α-hetero) is 1. The number of hydrogen-bond acceptors (Lipinski definition) is 3. The van der Waals surface area contributed by atoms with E-state index in [0.717, 1.165) is 20.8 Å². The second-order valence-corrected chi connectivity index (χ2v) is 6.95.